The number of aliphatic hydroxyl groups excluding tert-OH is 1. The summed E-state index contributed by atoms with van der Waals surface area (Å²) in [5, 5.41) is 9.15. The highest BCUT2D eigenvalue weighted by Gasteiger charge is 2.37. The summed E-state index contributed by atoms with van der Waals surface area (Å²) in [4.78, 5) is 0. The van der Waals surface area contributed by atoms with E-state index in [1.54, 1.807) is 0 Å². The summed E-state index contributed by atoms with van der Waals surface area (Å²) in [6.45, 7) is 35.7. The highest BCUT2D eigenvalue weighted by Crippen LogP contribution is 2.37. The van der Waals surface area contributed by atoms with Crippen LogP contribution in [0.3, 0.4) is 0 Å². The van der Waals surface area contributed by atoms with Crippen molar-refractivity contribution in [3.05, 3.63) is 176 Å². The Morgan fingerprint density at radius 1 is 0.397 bits per heavy atom. The van der Waals surface area contributed by atoms with Gasteiger partial charge in [0, 0.05) is 0 Å². The molecule has 350 valence electrons. The van der Waals surface area contributed by atoms with Crippen LogP contribution in [-0.4, -0.2) is 5.11 Å². The van der Waals surface area contributed by atoms with Crippen molar-refractivity contribution in [3.8, 4) is 0 Å². The minimum atomic E-state index is -4.77. The normalized spacial score (nSPS) is 11.1. The minimum absolute atomic E-state index is 0.0205. The SMILES string of the molecule is CC(C)C.CC(C)c1cc(C(F)(F)F)cc(C(F)(F)F)c1.Cc1ccc(C(C)C)cc1.Cc1ccc(C(C)C)cc1.Cc1cccc(C(C)C)c1.Cc1cccc(C(C)C)c1CO. The summed E-state index contributed by atoms with van der Waals surface area (Å²) in [6.07, 6.45) is -9.55. The second kappa shape index (κ2) is 28.4. The van der Waals surface area contributed by atoms with Crippen molar-refractivity contribution in [3.63, 3.8) is 0 Å². The number of aryl methyl sites for hydroxylation is 4. The predicted molar refractivity (Wildman–Crippen MR) is 258 cm³/mol. The van der Waals surface area contributed by atoms with E-state index in [9.17, 15) is 26.3 Å². The Morgan fingerprint density at radius 2 is 0.762 bits per heavy atom. The van der Waals surface area contributed by atoms with E-state index in [0.717, 1.165) is 23.6 Å². The fourth-order valence-electron chi connectivity index (χ4n) is 5.73. The highest BCUT2D eigenvalue weighted by molar-refractivity contribution is 5.36. The number of benzene rings is 5. The summed E-state index contributed by atoms with van der Waals surface area (Å²) < 4.78 is 74.6. The second-order valence-electron chi connectivity index (χ2n) is 18.4. The average molecular weight is 881 g/mol. The van der Waals surface area contributed by atoms with Gasteiger partial charge in [0.05, 0.1) is 17.7 Å². The van der Waals surface area contributed by atoms with Gasteiger partial charge in [-0.05, 0) is 120 Å². The third-order valence-corrected chi connectivity index (χ3v) is 9.70. The van der Waals surface area contributed by atoms with Crippen LogP contribution in [0.15, 0.2) is 109 Å². The van der Waals surface area contributed by atoms with Gasteiger partial charge < -0.3 is 5.11 Å². The van der Waals surface area contributed by atoms with E-state index < -0.39 is 29.4 Å². The molecule has 0 aromatic heterocycles. The molecule has 0 amide bonds. The first-order valence-corrected chi connectivity index (χ1v) is 22.2. The molecular weight excluding hydrogens is 803 g/mol. The zero-order valence-corrected chi connectivity index (χ0v) is 41.3. The van der Waals surface area contributed by atoms with E-state index in [1.165, 1.54) is 58.4 Å². The molecule has 0 aliphatic rings. The molecule has 0 fully saturated rings. The van der Waals surface area contributed by atoms with Crippen LogP contribution in [-0.2, 0) is 19.0 Å². The van der Waals surface area contributed by atoms with Crippen LogP contribution in [0.25, 0.3) is 0 Å². The third kappa shape index (κ3) is 24.3. The van der Waals surface area contributed by atoms with Gasteiger partial charge in [-0.3, -0.25) is 0 Å². The van der Waals surface area contributed by atoms with E-state index in [0.29, 0.717) is 23.7 Å². The molecule has 1 N–H and O–H groups in total. The van der Waals surface area contributed by atoms with Crippen molar-refractivity contribution >= 4 is 0 Å². The Hall–Kier alpha value is -4.36. The molecule has 5 rings (SSSR count). The first-order chi connectivity index (χ1) is 29.0. The van der Waals surface area contributed by atoms with Crippen LogP contribution in [0.4, 0.5) is 26.3 Å². The summed E-state index contributed by atoms with van der Waals surface area (Å²) in [7, 11) is 0. The Labute approximate surface area is 378 Å². The molecule has 1 nitrogen and oxygen atoms in total. The van der Waals surface area contributed by atoms with Crippen molar-refractivity contribution in [2.24, 2.45) is 5.92 Å². The van der Waals surface area contributed by atoms with Crippen LogP contribution in [0.5, 0.6) is 0 Å². The number of hydrogen-bond acceptors (Lipinski definition) is 1. The lowest BCUT2D eigenvalue weighted by Gasteiger charge is -2.15. The van der Waals surface area contributed by atoms with Crippen LogP contribution < -0.4 is 0 Å². The van der Waals surface area contributed by atoms with E-state index in [1.807, 2.05) is 19.1 Å². The van der Waals surface area contributed by atoms with Gasteiger partial charge in [-0.25, -0.2) is 0 Å². The molecule has 0 heterocycles. The van der Waals surface area contributed by atoms with Crippen LogP contribution in [0.2, 0.25) is 0 Å². The Balaban J connectivity index is 0.000000757. The highest BCUT2D eigenvalue weighted by atomic mass is 19.4. The van der Waals surface area contributed by atoms with Gasteiger partial charge in [0.15, 0.2) is 0 Å². The van der Waals surface area contributed by atoms with Gasteiger partial charge in [-0.2, -0.15) is 26.3 Å². The molecule has 0 unspecified atom stereocenters. The van der Waals surface area contributed by atoms with E-state index in [-0.39, 0.29) is 18.2 Å². The number of hydrogen-bond donors (Lipinski definition) is 1. The fraction of sp³-hybridized carbons (Fsp3) is 0.464. The quantitative estimate of drug-likeness (QED) is 0.169. The summed E-state index contributed by atoms with van der Waals surface area (Å²) >= 11 is 0. The zero-order chi connectivity index (χ0) is 48.8. The molecule has 0 aliphatic heterocycles. The van der Waals surface area contributed by atoms with Gasteiger partial charge in [0.1, 0.15) is 0 Å². The second-order valence-corrected chi connectivity index (χ2v) is 18.4. The molecule has 0 saturated heterocycles. The first kappa shape index (κ1) is 58.6. The minimum Gasteiger partial charge on any atom is -0.392 e. The maximum absolute atomic E-state index is 12.4. The molecule has 0 aliphatic carbocycles. The molecule has 0 atom stereocenters. The fourth-order valence-corrected chi connectivity index (χ4v) is 5.73. The zero-order valence-electron chi connectivity index (χ0n) is 41.3. The first-order valence-electron chi connectivity index (χ1n) is 22.2. The van der Waals surface area contributed by atoms with Crippen LogP contribution in [0.1, 0.15) is 186 Å². The van der Waals surface area contributed by atoms with Gasteiger partial charge in [0.25, 0.3) is 0 Å². The van der Waals surface area contributed by atoms with Crippen molar-refractivity contribution < 1.29 is 31.4 Å². The lowest BCUT2D eigenvalue weighted by Crippen LogP contribution is -2.12. The smallest absolute Gasteiger partial charge is 0.392 e. The Kier molecular flexibility index (Phi) is 26.5. The summed E-state index contributed by atoms with van der Waals surface area (Å²) in [5.41, 5.74) is 9.32. The molecule has 0 radical (unpaired) electrons. The molecule has 0 spiro atoms. The van der Waals surface area contributed by atoms with E-state index >= 15 is 0 Å². The number of alkyl halides is 6. The molecule has 5 aromatic rings. The van der Waals surface area contributed by atoms with Gasteiger partial charge in [-0.15, -0.1) is 0 Å². The average Bonchev–Trinajstić information content (AvgIpc) is 3.18. The molecule has 0 bridgehead atoms. The van der Waals surface area contributed by atoms with Crippen LogP contribution in [0, 0.1) is 33.6 Å². The van der Waals surface area contributed by atoms with Crippen LogP contribution >= 0.6 is 0 Å². The summed E-state index contributed by atoms with van der Waals surface area (Å²) in [6, 6.07) is 33.9. The third-order valence-electron chi connectivity index (χ3n) is 9.70. The lowest BCUT2D eigenvalue weighted by atomic mass is 9.94. The van der Waals surface area contributed by atoms with Gasteiger partial charge in [-0.1, -0.05) is 198 Å². The van der Waals surface area contributed by atoms with E-state index in [2.05, 4.69) is 176 Å². The molecule has 0 saturated carbocycles. The van der Waals surface area contributed by atoms with E-state index in [4.69, 9.17) is 5.11 Å². The molecular formula is C56H78F6O. The van der Waals surface area contributed by atoms with Crippen molar-refractivity contribution in [1.82, 2.24) is 0 Å². The maximum atomic E-state index is 12.4. The largest absolute Gasteiger partial charge is 0.416 e. The monoisotopic (exact) mass is 881 g/mol. The topological polar surface area (TPSA) is 20.2 Å². The van der Waals surface area contributed by atoms with Crippen molar-refractivity contribution in [2.45, 2.75) is 166 Å². The van der Waals surface area contributed by atoms with Gasteiger partial charge >= 0.3 is 12.4 Å². The van der Waals surface area contributed by atoms with Gasteiger partial charge in [0.2, 0.25) is 0 Å². The van der Waals surface area contributed by atoms with Crippen molar-refractivity contribution in [2.75, 3.05) is 0 Å². The Bertz CT molecular complexity index is 1900. The predicted octanol–water partition coefficient (Wildman–Crippen LogP) is 18.5. The Morgan fingerprint density at radius 3 is 1.03 bits per heavy atom. The van der Waals surface area contributed by atoms with Crippen molar-refractivity contribution in [1.29, 1.82) is 0 Å². The number of aliphatic hydroxyl groups is 1. The summed E-state index contributed by atoms with van der Waals surface area (Å²) in [5.74, 6) is 2.88. The lowest BCUT2D eigenvalue weighted by molar-refractivity contribution is -0.143. The molecule has 5 aromatic carbocycles. The molecule has 7 heteroatoms. The standard InChI is InChI=1S/C11H10F6.C11H16O.3C10H14.C4H10/c1-6(2)7-3-8(10(12,13)14)5-9(4-7)11(15,16)17;1-8(2)10-6-4-5-9(3)11(10)7-12;2*1-8(2)10-6-4-9(3)5-7-10;1-8(2)10-6-4-5-9(3)7-10;1-4(2)3/h3-6H,1-2H3;4-6,8,12H,7H2,1-3H3;3*4-8H,1-3H3;4H,1-3H3. The number of rotatable bonds is 6. The maximum Gasteiger partial charge on any atom is 0.416 e. The molecule has 63 heavy (non-hydrogen) atoms. The number of halogens is 6.